The second kappa shape index (κ2) is 27.7. The molecule has 1 saturated carbocycles. The molecule has 0 heterocycles. The van der Waals surface area contributed by atoms with Crippen LogP contribution < -0.4 is 0 Å². The molecule has 1 fully saturated rings. The average Bonchev–Trinajstić information content (AvgIpc) is 3.31. The molecule has 0 aliphatic heterocycles. The van der Waals surface area contributed by atoms with Gasteiger partial charge in [0.2, 0.25) is 0 Å². The first-order valence-corrected chi connectivity index (χ1v) is 23.0. The second-order valence-corrected chi connectivity index (χ2v) is 21.2. The molecule has 3 N–H and O–H groups in total. The number of hydrogen-bond acceptors (Lipinski definition) is 6. The molecule has 6 nitrogen and oxygen atoms in total. The minimum atomic E-state index is -1.83. The summed E-state index contributed by atoms with van der Waals surface area (Å²) in [7, 11) is -1.83. The van der Waals surface area contributed by atoms with Crippen LogP contribution in [0.15, 0.2) is 24.8 Å². The van der Waals surface area contributed by atoms with E-state index in [1.54, 1.807) is 11.8 Å². The van der Waals surface area contributed by atoms with E-state index in [9.17, 15) is 29.7 Å². The molecule has 0 aromatic heterocycles. The molecule has 0 radical (unpaired) electrons. The van der Waals surface area contributed by atoms with Crippen molar-refractivity contribution in [2.75, 3.05) is 12.4 Å². The number of ketones is 1. The Kier molecular flexibility index (Phi) is 27.0. The van der Waals surface area contributed by atoms with Crippen molar-refractivity contribution in [2.24, 2.45) is 17.8 Å². The molecule has 1 rings (SSSR count). The number of carbonyl (C=O) groups excluding carboxylic acids is 2. The van der Waals surface area contributed by atoms with E-state index in [4.69, 9.17) is 0 Å². The largest absolute Gasteiger partial charge is 0.479 e. The number of thioether (sulfide) groups is 1. The Labute approximate surface area is 287 Å². The highest BCUT2D eigenvalue weighted by molar-refractivity contribution is 8.00. The summed E-state index contributed by atoms with van der Waals surface area (Å²) < 4.78 is 0. The van der Waals surface area contributed by atoms with Crippen LogP contribution in [0.3, 0.4) is 0 Å². The number of carboxylic acids is 1. The first-order chi connectivity index (χ1) is 21.9. The van der Waals surface area contributed by atoms with Gasteiger partial charge in [-0.2, -0.15) is 11.8 Å². The molecule has 1 aliphatic carbocycles. The molecule has 0 aromatic rings. The average molecular weight is 683 g/mol. The Bertz CT molecular complexity index is 830. The van der Waals surface area contributed by atoms with Crippen LogP contribution in [0, 0.1) is 17.8 Å². The van der Waals surface area contributed by atoms with Crippen LogP contribution in [0.25, 0.3) is 0 Å². The molecule has 0 saturated heterocycles. The summed E-state index contributed by atoms with van der Waals surface area (Å²) in [5.41, 5.74) is -0.180. The van der Waals surface area contributed by atoms with Crippen molar-refractivity contribution in [1.82, 2.24) is 0 Å². The van der Waals surface area contributed by atoms with Gasteiger partial charge in [0.1, 0.15) is 12.1 Å². The van der Waals surface area contributed by atoms with E-state index >= 15 is 0 Å². The lowest BCUT2D eigenvalue weighted by Gasteiger charge is -2.31. The number of aliphatic carboxylic acids is 1. The predicted octanol–water partition coefficient (Wildman–Crippen LogP) is 9.65. The zero-order valence-electron chi connectivity index (χ0n) is 30.1. The van der Waals surface area contributed by atoms with E-state index in [-0.39, 0.29) is 29.2 Å². The smallest absolute Gasteiger partial charge is 0.332 e. The topological polar surface area (TPSA) is 112 Å². The van der Waals surface area contributed by atoms with Gasteiger partial charge in [0.15, 0.2) is 6.10 Å². The lowest BCUT2D eigenvalue weighted by molar-refractivity contribution is -0.147. The van der Waals surface area contributed by atoms with Gasteiger partial charge in [0.05, 0.1) is 14.7 Å². The van der Waals surface area contributed by atoms with Crippen LogP contribution in [-0.2, 0) is 14.4 Å². The minimum Gasteiger partial charge on any atom is -0.479 e. The van der Waals surface area contributed by atoms with Gasteiger partial charge in [-0.05, 0) is 55.9 Å². The molecule has 46 heavy (non-hydrogen) atoms. The molecule has 6 atom stereocenters. The number of aliphatic hydroxyl groups excluding tert-OH is 2. The van der Waals surface area contributed by atoms with Crippen LogP contribution in [0.5, 0.6) is 0 Å². The molecule has 268 valence electrons. The zero-order chi connectivity index (χ0) is 34.8. The summed E-state index contributed by atoms with van der Waals surface area (Å²) in [6.45, 7) is 14.6. The summed E-state index contributed by atoms with van der Waals surface area (Å²) in [6, 6.07) is 0. The molecule has 0 aromatic carbocycles. The summed E-state index contributed by atoms with van der Waals surface area (Å²) in [5.74, 6) is 0.582. The molecule has 0 bridgehead atoms. The predicted molar refractivity (Wildman–Crippen MR) is 199 cm³/mol. The molecule has 2 unspecified atom stereocenters. The van der Waals surface area contributed by atoms with E-state index in [1.807, 2.05) is 6.08 Å². The Morgan fingerprint density at radius 3 is 2.17 bits per heavy atom. The van der Waals surface area contributed by atoms with Crippen LogP contribution in [-0.4, -0.2) is 65.1 Å². The Balaban J connectivity index is 0.00000156. The van der Waals surface area contributed by atoms with E-state index in [0.717, 1.165) is 44.8 Å². The monoisotopic (exact) mass is 682 g/mol. The van der Waals surface area contributed by atoms with E-state index in [0.29, 0.717) is 30.3 Å². The molecule has 1 aliphatic rings. The number of unbranched alkanes of at least 4 members (excludes halogenated alkanes) is 11. The number of allylic oxidation sites excluding steroid dienone is 3. The van der Waals surface area contributed by atoms with E-state index in [1.165, 1.54) is 64.2 Å². The summed E-state index contributed by atoms with van der Waals surface area (Å²) >= 11 is 1.72. The number of aliphatic hydroxyl groups is 2. The van der Waals surface area contributed by atoms with Gasteiger partial charge in [-0.25, -0.2) is 4.79 Å². The van der Waals surface area contributed by atoms with Crippen LogP contribution in [0.2, 0.25) is 25.2 Å². The fraction of sp³-hybridized carbons (Fsp3) is 0.816. The van der Waals surface area contributed by atoms with Crippen molar-refractivity contribution in [3.05, 3.63) is 24.8 Å². The van der Waals surface area contributed by atoms with Gasteiger partial charge in [-0.3, -0.25) is 4.79 Å². The summed E-state index contributed by atoms with van der Waals surface area (Å²) in [6.07, 6.45) is 25.6. The van der Waals surface area contributed by atoms with Gasteiger partial charge >= 0.3 is 5.97 Å². The molecule has 8 heteroatoms. The highest BCUT2D eigenvalue weighted by Crippen LogP contribution is 2.41. The second-order valence-electron chi connectivity index (χ2n) is 14.4. The van der Waals surface area contributed by atoms with Crippen molar-refractivity contribution in [2.45, 2.75) is 166 Å². The lowest BCUT2D eigenvalue weighted by atomic mass is 9.88. The number of aldehydes is 1. The van der Waals surface area contributed by atoms with Gasteiger partial charge in [-0.1, -0.05) is 116 Å². The van der Waals surface area contributed by atoms with Crippen molar-refractivity contribution in [3.63, 3.8) is 0 Å². The molecular formula is C38H70O6SSi. The lowest BCUT2D eigenvalue weighted by Crippen LogP contribution is -2.40. The number of rotatable bonds is 27. The first-order valence-electron chi connectivity index (χ1n) is 18.3. The highest BCUT2D eigenvalue weighted by atomic mass is 32.2. The van der Waals surface area contributed by atoms with Gasteiger partial charge < -0.3 is 20.1 Å². The Hall–Kier alpha value is -1.22. The molecular weight excluding hydrogens is 613 g/mol. The third-order valence-electron chi connectivity index (χ3n) is 9.31. The van der Waals surface area contributed by atoms with Crippen molar-refractivity contribution >= 4 is 37.9 Å². The Morgan fingerprint density at radius 2 is 1.59 bits per heavy atom. The third kappa shape index (κ3) is 20.9. The van der Waals surface area contributed by atoms with Crippen molar-refractivity contribution < 1.29 is 29.7 Å². The maximum absolute atomic E-state index is 12.9. The maximum atomic E-state index is 12.9. The number of carbonyl (C=O) groups is 3. The van der Waals surface area contributed by atoms with Crippen molar-refractivity contribution in [3.8, 4) is 0 Å². The van der Waals surface area contributed by atoms with E-state index < -0.39 is 20.1 Å². The maximum Gasteiger partial charge on any atom is 0.332 e. The van der Waals surface area contributed by atoms with Crippen LogP contribution in [0.1, 0.15) is 129 Å². The number of carboxylic acid groups (broad SMARTS) is 1. The summed E-state index contributed by atoms with van der Waals surface area (Å²) in [4.78, 5) is 34.2. The van der Waals surface area contributed by atoms with Gasteiger partial charge in [0.25, 0.3) is 0 Å². The third-order valence-corrected chi connectivity index (χ3v) is 13.5. The minimum absolute atomic E-state index is 0.00826. The van der Waals surface area contributed by atoms with Crippen molar-refractivity contribution in [1.29, 1.82) is 0 Å². The van der Waals surface area contributed by atoms with Crippen LogP contribution in [0.4, 0.5) is 0 Å². The standard InChI is InChI=1S/C28H52O5SSi.C10H18O/c1-6-7-8-9-10-13-21(2)16-17-23-22(24(30)20-25(23)34-19-18-29)14-11-12-15-26(35(3,4)5)27(31)28(32)33;1-2-3-4-5-6-7-8-9-10-11/h16-17,21-23,25-27,29,31H,6-15,18-20H2,1-5H3,(H,32,33);2,10H,1,3-9H2/b17-16+;/t21-,22-,23-,25-,26?,27?;/m1./s1. The van der Waals surface area contributed by atoms with Crippen LogP contribution >= 0.6 is 11.8 Å². The van der Waals surface area contributed by atoms with Gasteiger partial charge in [0, 0.05) is 29.8 Å². The number of hydrogen-bond donors (Lipinski definition) is 3. The Morgan fingerprint density at radius 1 is 0.978 bits per heavy atom. The quantitative estimate of drug-likeness (QED) is 0.0342. The fourth-order valence-corrected chi connectivity index (χ4v) is 9.79. The molecule has 0 amide bonds. The summed E-state index contributed by atoms with van der Waals surface area (Å²) in [5, 5.41) is 29.1. The SMILES string of the molecule is C=CCCCCCCCC=O.CCCCCCC[C@@H](C)/C=C/[C@H]1[C@H](SCCO)CC(=O)[C@@H]1CCCCC(C(O)C(=O)O)[Si](C)(C)C. The first kappa shape index (κ1) is 44.8. The fourth-order valence-electron chi connectivity index (χ4n) is 6.44. The highest BCUT2D eigenvalue weighted by Gasteiger charge is 2.41. The normalized spacial score (nSPS) is 20.2. The number of Topliss-reactive ketones (excluding diaryl/α,β-unsaturated/α-hetero) is 1. The zero-order valence-corrected chi connectivity index (χ0v) is 31.9. The van der Waals surface area contributed by atoms with E-state index in [2.05, 4.69) is 52.2 Å². The van der Waals surface area contributed by atoms with Gasteiger partial charge in [-0.15, -0.1) is 6.58 Å². The molecule has 0 spiro atoms.